The number of nitrogens with two attached hydrogens (primary N) is 1. The fourth-order valence-corrected chi connectivity index (χ4v) is 1.81. The van der Waals surface area contributed by atoms with Crippen LogP contribution in [-0.2, 0) is 6.54 Å². The molecule has 0 spiro atoms. The summed E-state index contributed by atoms with van der Waals surface area (Å²) < 4.78 is 7.34. The first-order chi connectivity index (χ1) is 8.19. The van der Waals surface area contributed by atoms with Crippen molar-refractivity contribution >= 4 is 0 Å². The lowest BCUT2D eigenvalue weighted by molar-refractivity contribution is 0.414. The minimum Gasteiger partial charge on any atom is -0.497 e. The lowest BCUT2D eigenvalue weighted by Gasteiger charge is -2.06. The van der Waals surface area contributed by atoms with Gasteiger partial charge in [0.1, 0.15) is 5.75 Å². The first-order valence-corrected chi connectivity index (χ1v) is 5.73. The predicted octanol–water partition coefficient (Wildman–Crippen LogP) is 2.56. The molecule has 0 bridgehead atoms. The highest BCUT2D eigenvalue weighted by molar-refractivity contribution is 5.29. The SMILES string of the molecule is COc1cccc(Cn2ccc(C(C)N)c2)c1. The van der Waals surface area contributed by atoms with Gasteiger partial charge < -0.3 is 15.0 Å². The van der Waals surface area contributed by atoms with Crippen LogP contribution in [0.15, 0.2) is 42.7 Å². The number of methoxy groups -OCH3 is 1. The molecule has 0 aliphatic heterocycles. The van der Waals surface area contributed by atoms with Crippen LogP contribution in [0.5, 0.6) is 5.75 Å². The minimum atomic E-state index is 0.0848. The number of hydrogen-bond donors (Lipinski definition) is 1. The summed E-state index contributed by atoms with van der Waals surface area (Å²) in [5.74, 6) is 0.891. The molecule has 90 valence electrons. The lowest BCUT2D eigenvalue weighted by atomic mass is 10.2. The zero-order valence-corrected chi connectivity index (χ0v) is 10.3. The van der Waals surface area contributed by atoms with E-state index < -0.39 is 0 Å². The minimum absolute atomic E-state index is 0.0848. The zero-order chi connectivity index (χ0) is 12.3. The largest absolute Gasteiger partial charge is 0.497 e. The summed E-state index contributed by atoms with van der Waals surface area (Å²) in [7, 11) is 1.68. The summed E-state index contributed by atoms with van der Waals surface area (Å²) in [6, 6.07) is 10.2. The molecular formula is C14H18N2O. The molecule has 2 rings (SSSR count). The second kappa shape index (κ2) is 5.06. The fraction of sp³-hybridized carbons (Fsp3) is 0.286. The van der Waals surface area contributed by atoms with Crippen LogP contribution in [0, 0.1) is 0 Å². The van der Waals surface area contributed by atoms with E-state index in [1.807, 2.05) is 25.1 Å². The van der Waals surface area contributed by atoms with E-state index in [9.17, 15) is 0 Å². The molecule has 2 N–H and O–H groups in total. The molecule has 3 heteroatoms. The van der Waals surface area contributed by atoms with Gasteiger partial charge in [0.2, 0.25) is 0 Å². The Morgan fingerprint density at radius 3 is 2.82 bits per heavy atom. The molecule has 0 radical (unpaired) electrons. The first-order valence-electron chi connectivity index (χ1n) is 5.73. The number of rotatable bonds is 4. The van der Waals surface area contributed by atoms with Gasteiger partial charge in [0.05, 0.1) is 7.11 Å². The molecule has 0 saturated heterocycles. The molecule has 0 saturated carbocycles. The Kier molecular flexibility index (Phi) is 3.49. The van der Waals surface area contributed by atoms with Gasteiger partial charge in [0, 0.05) is 25.0 Å². The Morgan fingerprint density at radius 1 is 1.35 bits per heavy atom. The molecular weight excluding hydrogens is 212 g/mol. The van der Waals surface area contributed by atoms with Crippen LogP contribution in [0.1, 0.15) is 24.1 Å². The number of aromatic nitrogens is 1. The summed E-state index contributed by atoms with van der Waals surface area (Å²) in [6.07, 6.45) is 4.14. The Morgan fingerprint density at radius 2 is 2.18 bits per heavy atom. The van der Waals surface area contributed by atoms with Gasteiger partial charge in [-0.2, -0.15) is 0 Å². The van der Waals surface area contributed by atoms with Crippen LogP contribution in [0.25, 0.3) is 0 Å². The molecule has 1 atom stereocenters. The summed E-state index contributed by atoms with van der Waals surface area (Å²) in [5.41, 5.74) is 8.21. The maximum absolute atomic E-state index is 5.83. The molecule has 1 unspecified atom stereocenters. The van der Waals surface area contributed by atoms with Crippen LogP contribution in [0.2, 0.25) is 0 Å². The van der Waals surface area contributed by atoms with Crippen molar-refractivity contribution in [3.63, 3.8) is 0 Å². The van der Waals surface area contributed by atoms with E-state index in [4.69, 9.17) is 10.5 Å². The Bertz CT molecular complexity index is 488. The maximum atomic E-state index is 5.83. The molecule has 0 aliphatic carbocycles. The Balaban J connectivity index is 2.13. The van der Waals surface area contributed by atoms with Gasteiger partial charge in [-0.15, -0.1) is 0 Å². The van der Waals surface area contributed by atoms with Crippen molar-refractivity contribution in [1.29, 1.82) is 0 Å². The van der Waals surface area contributed by atoms with Crippen molar-refractivity contribution < 1.29 is 4.74 Å². The summed E-state index contributed by atoms with van der Waals surface area (Å²) >= 11 is 0. The van der Waals surface area contributed by atoms with Gasteiger partial charge >= 0.3 is 0 Å². The van der Waals surface area contributed by atoms with Crippen molar-refractivity contribution in [2.45, 2.75) is 19.5 Å². The van der Waals surface area contributed by atoms with Crippen LogP contribution < -0.4 is 10.5 Å². The van der Waals surface area contributed by atoms with Crippen LogP contribution in [0.3, 0.4) is 0 Å². The molecule has 0 amide bonds. The van der Waals surface area contributed by atoms with Gasteiger partial charge in [0.25, 0.3) is 0 Å². The van der Waals surface area contributed by atoms with Gasteiger partial charge in [-0.3, -0.25) is 0 Å². The van der Waals surface area contributed by atoms with Crippen LogP contribution >= 0.6 is 0 Å². The third kappa shape index (κ3) is 2.88. The summed E-state index contributed by atoms with van der Waals surface area (Å²) in [4.78, 5) is 0. The Hall–Kier alpha value is -1.74. The normalized spacial score (nSPS) is 12.4. The van der Waals surface area contributed by atoms with Crippen LogP contribution in [-0.4, -0.2) is 11.7 Å². The van der Waals surface area contributed by atoms with Gasteiger partial charge in [-0.25, -0.2) is 0 Å². The maximum Gasteiger partial charge on any atom is 0.119 e. The first kappa shape index (κ1) is 11.7. The third-order valence-corrected chi connectivity index (χ3v) is 2.80. The highest BCUT2D eigenvalue weighted by atomic mass is 16.5. The van der Waals surface area contributed by atoms with Crippen molar-refractivity contribution in [3.05, 3.63) is 53.9 Å². The fourth-order valence-electron chi connectivity index (χ4n) is 1.81. The van der Waals surface area contributed by atoms with E-state index in [0.717, 1.165) is 17.9 Å². The van der Waals surface area contributed by atoms with E-state index in [-0.39, 0.29) is 6.04 Å². The molecule has 0 aliphatic rings. The zero-order valence-electron chi connectivity index (χ0n) is 10.3. The molecule has 3 nitrogen and oxygen atoms in total. The quantitative estimate of drug-likeness (QED) is 0.877. The summed E-state index contributed by atoms with van der Waals surface area (Å²) in [6.45, 7) is 2.83. The summed E-state index contributed by atoms with van der Waals surface area (Å²) in [5, 5.41) is 0. The van der Waals surface area contributed by atoms with E-state index in [1.165, 1.54) is 5.56 Å². The van der Waals surface area contributed by atoms with Crippen molar-refractivity contribution in [3.8, 4) is 5.75 Å². The number of hydrogen-bond acceptors (Lipinski definition) is 2. The highest BCUT2D eigenvalue weighted by Crippen LogP contribution is 2.15. The average Bonchev–Trinajstić information content (AvgIpc) is 2.78. The monoisotopic (exact) mass is 230 g/mol. The molecule has 17 heavy (non-hydrogen) atoms. The lowest BCUT2D eigenvalue weighted by Crippen LogP contribution is -2.04. The van der Waals surface area contributed by atoms with E-state index >= 15 is 0 Å². The Labute approximate surface area is 102 Å². The average molecular weight is 230 g/mol. The van der Waals surface area contributed by atoms with E-state index in [0.29, 0.717) is 0 Å². The number of nitrogens with zero attached hydrogens (tertiary/aromatic N) is 1. The van der Waals surface area contributed by atoms with Crippen molar-refractivity contribution in [1.82, 2.24) is 4.57 Å². The molecule has 1 heterocycles. The predicted molar refractivity (Wildman–Crippen MR) is 69.1 cm³/mol. The smallest absolute Gasteiger partial charge is 0.119 e. The van der Waals surface area contributed by atoms with Crippen molar-refractivity contribution in [2.75, 3.05) is 7.11 Å². The molecule has 1 aromatic heterocycles. The highest BCUT2D eigenvalue weighted by Gasteiger charge is 2.02. The van der Waals surface area contributed by atoms with Gasteiger partial charge in [-0.1, -0.05) is 12.1 Å². The second-order valence-electron chi connectivity index (χ2n) is 4.26. The van der Waals surface area contributed by atoms with E-state index in [1.54, 1.807) is 7.11 Å². The second-order valence-corrected chi connectivity index (χ2v) is 4.26. The topological polar surface area (TPSA) is 40.2 Å². The molecule has 1 aromatic carbocycles. The van der Waals surface area contributed by atoms with Crippen LogP contribution in [0.4, 0.5) is 0 Å². The number of ether oxygens (including phenoxy) is 1. The van der Waals surface area contributed by atoms with E-state index in [2.05, 4.69) is 29.1 Å². The van der Waals surface area contributed by atoms with Gasteiger partial charge in [-0.05, 0) is 36.2 Å². The standard InChI is InChI=1S/C14H18N2O/c1-11(15)13-6-7-16(10-13)9-12-4-3-5-14(8-12)17-2/h3-8,10-11H,9,15H2,1-2H3. The molecule has 2 aromatic rings. The molecule has 0 fully saturated rings. The van der Waals surface area contributed by atoms with Crippen molar-refractivity contribution in [2.24, 2.45) is 5.73 Å². The van der Waals surface area contributed by atoms with Gasteiger partial charge in [0.15, 0.2) is 0 Å². The third-order valence-electron chi connectivity index (χ3n) is 2.80. The number of benzene rings is 1.